The average Bonchev–Trinajstić information content (AvgIpc) is 3.17. The van der Waals surface area contributed by atoms with Crippen LogP contribution in [0.25, 0.3) is 17.0 Å². The molecule has 0 spiro atoms. The molecule has 29 heavy (non-hydrogen) atoms. The van der Waals surface area contributed by atoms with E-state index in [0.29, 0.717) is 21.5 Å². The molecule has 4 nitrogen and oxygen atoms in total. The summed E-state index contributed by atoms with van der Waals surface area (Å²) in [6, 6.07) is 13.3. The van der Waals surface area contributed by atoms with Gasteiger partial charge in [-0.2, -0.15) is 0 Å². The summed E-state index contributed by atoms with van der Waals surface area (Å²) in [6.45, 7) is 0.516. The van der Waals surface area contributed by atoms with Crippen LogP contribution in [0.4, 0.5) is 4.79 Å². The molecule has 1 aliphatic heterocycles. The molecule has 2 aromatic carbocycles. The number of amides is 2. The highest BCUT2D eigenvalue weighted by Crippen LogP contribution is 2.34. The van der Waals surface area contributed by atoms with Gasteiger partial charge in [-0.3, -0.25) is 14.5 Å². The molecule has 0 aliphatic carbocycles. The van der Waals surface area contributed by atoms with Crippen molar-refractivity contribution in [1.29, 1.82) is 0 Å². The third-order valence-electron chi connectivity index (χ3n) is 4.58. The molecule has 2 heterocycles. The first kappa shape index (κ1) is 19.7. The lowest BCUT2D eigenvalue weighted by atomic mass is 10.1. The minimum atomic E-state index is -0.365. The summed E-state index contributed by atoms with van der Waals surface area (Å²) in [4.78, 5) is 26.0. The summed E-state index contributed by atoms with van der Waals surface area (Å²) in [7, 11) is 0. The Kier molecular flexibility index (Phi) is 5.42. The lowest BCUT2D eigenvalue weighted by Gasteiger charge is -2.08. The van der Waals surface area contributed by atoms with Crippen LogP contribution in [0.15, 0.2) is 53.6 Å². The summed E-state index contributed by atoms with van der Waals surface area (Å²) in [5, 5.41) is 1.80. The van der Waals surface area contributed by atoms with E-state index in [1.54, 1.807) is 18.2 Å². The molecule has 7 heteroatoms. The highest BCUT2D eigenvalue weighted by atomic mass is 35.5. The molecule has 0 atom stereocenters. The molecule has 2 amide bonds. The maximum Gasteiger partial charge on any atom is 0.294 e. The van der Waals surface area contributed by atoms with Crippen LogP contribution in [0, 0.1) is 12.3 Å². The molecule has 0 saturated carbocycles. The van der Waals surface area contributed by atoms with Crippen molar-refractivity contribution in [3.8, 4) is 12.3 Å². The van der Waals surface area contributed by atoms with Crippen molar-refractivity contribution >= 4 is 63.1 Å². The molecular formula is C22H14Cl2N2O2S. The number of terminal acetylenes is 1. The van der Waals surface area contributed by atoms with Crippen LogP contribution in [0.2, 0.25) is 10.0 Å². The van der Waals surface area contributed by atoms with Crippen LogP contribution in [0.1, 0.15) is 11.1 Å². The van der Waals surface area contributed by atoms with E-state index >= 15 is 0 Å². The van der Waals surface area contributed by atoms with Crippen LogP contribution in [0.3, 0.4) is 0 Å². The summed E-state index contributed by atoms with van der Waals surface area (Å²) in [5.74, 6) is 1.98. The number of imide groups is 1. The van der Waals surface area contributed by atoms with Crippen molar-refractivity contribution in [2.45, 2.75) is 6.54 Å². The van der Waals surface area contributed by atoms with Gasteiger partial charge in [-0.15, -0.1) is 6.42 Å². The number of hydrogen-bond donors (Lipinski definition) is 0. The van der Waals surface area contributed by atoms with Crippen molar-refractivity contribution < 1.29 is 9.59 Å². The van der Waals surface area contributed by atoms with E-state index in [0.717, 1.165) is 38.7 Å². The Morgan fingerprint density at radius 3 is 2.69 bits per heavy atom. The Bertz CT molecular complexity index is 1220. The number of carbonyl (C=O) groups excluding carboxylic acids is 2. The van der Waals surface area contributed by atoms with E-state index in [9.17, 15) is 9.59 Å². The van der Waals surface area contributed by atoms with Gasteiger partial charge in [-0.1, -0.05) is 53.4 Å². The van der Waals surface area contributed by atoms with E-state index in [2.05, 4.69) is 10.5 Å². The monoisotopic (exact) mass is 440 g/mol. The second-order valence-electron chi connectivity index (χ2n) is 6.44. The van der Waals surface area contributed by atoms with Gasteiger partial charge >= 0.3 is 0 Å². The summed E-state index contributed by atoms with van der Waals surface area (Å²) in [6.07, 6.45) is 8.95. The van der Waals surface area contributed by atoms with Crippen molar-refractivity contribution in [1.82, 2.24) is 9.47 Å². The van der Waals surface area contributed by atoms with Crippen molar-refractivity contribution in [2.75, 3.05) is 6.54 Å². The molecule has 0 unspecified atom stereocenters. The number of rotatable bonds is 4. The minimum absolute atomic E-state index is 0.0289. The molecule has 1 aliphatic rings. The van der Waals surface area contributed by atoms with Crippen LogP contribution in [0.5, 0.6) is 0 Å². The second kappa shape index (κ2) is 8.00. The number of fused-ring (bicyclic) bond motifs is 1. The number of aromatic nitrogens is 1. The van der Waals surface area contributed by atoms with Crippen LogP contribution in [-0.2, 0) is 11.3 Å². The molecule has 0 bridgehead atoms. The Labute approximate surface area is 182 Å². The molecule has 0 radical (unpaired) electrons. The van der Waals surface area contributed by atoms with Crippen LogP contribution < -0.4 is 0 Å². The number of benzene rings is 2. The number of hydrogen-bond acceptors (Lipinski definition) is 3. The number of carbonyl (C=O) groups is 2. The highest BCUT2D eigenvalue weighted by molar-refractivity contribution is 8.18. The van der Waals surface area contributed by atoms with E-state index < -0.39 is 0 Å². The Morgan fingerprint density at radius 2 is 1.93 bits per heavy atom. The fourth-order valence-corrected chi connectivity index (χ4v) is 4.52. The second-order valence-corrected chi connectivity index (χ2v) is 8.27. The normalized spacial score (nSPS) is 15.5. The lowest BCUT2D eigenvalue weighted by molar-refractivity contribution is -0.122. The highest BCUT2D eigenvalue weighted by Gasteiger charge is 2.34. The number of thioether (sulfide) groups is 1. The zero-order chi connectivity index (χ0) is 20.5. The molecule has 0 N–H and O–H groups in total. The number of halogens is 2. The Balaban J connectivity index is 1.74. The van der Waals surface area contributed by atoms with Gasteiger partial charge in [-0.25, -0.2) is 0 Å². The minimum Gasteiger partial charge on any atom is -0.342 e. The maximum atomic E-state index is 12.5. The smallest absolute Gasteiger partial charge is 0.294 e. The fourth-order valence-electron chi connectivity index (χ4n) is 3.22. The van der Waals surface area contributed by atoms with Gasteiger partial charge in [0.05, 0.1) is 11.4 Å². The SMILES string of the molecule is C#CCN1C(=O)S/C(=C\c2cn(Cc3ccc(Cl)cc3Cl)c3ccccc23)C1=O. The van der Waals surface area contributed by atoms with Gasteiger partial charge in [0, 0.05) is 39.3 Å². The predicted molar refractivity (Wildman–Crippen MR) is 119 cm³/mol. The first-order valence-corrected chi connectivity index (χ1v) is 10.3. The standard InChI is InChI=1S/C22H14Cl2N2O2S/c1-2-9-26-21(27)20(29-22(26)28)10-15-13-25(19-6-4-3-5-17(15)19)12-14-7-8-16(23)11-18(14)24/h1,3-8,10-11,13H,9,12H2/b20-10-. The first-order valence-electron chi connectivity index (χ1n) is 8.68. The van der Waals surface area contributed by atoms with Crippen molar-refractivity contribution in [2.24, 2.45) is 0 Å². The van der Waals surface area contributed by atoms with Gasteiger partial charge in [0.2, 0.25) is 0 Å². The van der Waals surface area contributed by atoms with Crippen molar-refractivity contribution in [3.05, 3.63) is 74.7 Å². The van der Waals surface area contributed by atoms with Crippen LogP contribution in [-0.4, -0.2) is 27.2 Å². The van der Waals surface area contributed by atoms with Gasteiger partial charge in [0.25, 0.3) is 11.1 Å². The topological polar surface area (TPSA) is 42.3 Å². The molecule has 1 fully saturated rings. The summed E-state index contributed by atoms with van der Waals surface area (Å²) >= 11 is 13.2. The predicted octanol–water partition coefficient (Wildman–Crippen LogP) is 5.67. The van der Waals surface area contributed by atoms with E-state index in [1.807, 2.05) is 36.5 Å². The zero-order valence-electron chi connectivity index (χ0n) is 15.1. The average molecular weight is 441 g/mol. The molecule has 1 saturated heterocycles. The molecule has 144 valence electrons. The molecule has 3 aromatic rings. The Hall–Kier alpha value is -2.65. The number of nitrogens with zero attached hydrogens (tertiary/aromatic N) is 2. The first-order chi connectivity index (χ1) is 14.0. The number of para-hydroxylation sites is 1. The van der Waals surface area contributed by atoms with E-state index in [1.165, 1.54) is 0 Å². The lowest BCUT2D eigenvalue weighted by Crippen LogP contribution is -2.28. The molecular weight excluding hydrogens is 427 g/mol. The third-order valence-corrected chi connectivity index (χ3v) is 6.08. The van der Waals surface area contributed by atoms with Gasteiger partial charge in [0.1, 0.15) is 0 Å². The van der Waals surface area contributed by atoms with E-state index in [4.69, 9.17) is 29.6 Å². The largest absolute Gasteiger partial charge is 0.342 e. The third kappa shape index (κ3) is 3.79. The summed E-state index contributed by atoms with van der Waals surface area (Å²) in [5.41, 5.74) is 2.77. The van der Waals surface area contributed by atoms with E-state index in [-0.39, 0.29) is 17.7 Å². The van der Waals surface area contributed by atoms with Crippen LogP contribution >= 0.6 is 35.0 Å². The van der Waals surface area contributed by atoms with Gasteiger partial charge in [-0.05, 0) is 41.6 Å². The molecule has 4 rings (SSSR count). The van der Waals surface area contributed by atoms with Crippen molar-refractivity contribution in [3.63, 3.8) is 0 Å². The van der Waals surface area contributed by atoms with Gasteiger partial charge < -0.3 is 4.57 Å². The quantitative estimate of drug-likeness (QED) is 0.387. The maximum absolute atomic E-state index is 12.5. The Morgan fingerprint density at radius 1 is 1.14 bits per heavy atom. The fraction of sp³-hybridized carbons (Fsp3) is 0.0909. The van der Waals surface area contributed by atoms with Gasteiger partial charge in [0.15, 0.2) is 0 Å². The molecule has 1 aromatic heterocycles. The zero-order valence-corrected chi connectivity index (χ0v) is 17.4. The summed E-state index contributed by atoms with van der Waals surface area (Å²) < 4.78 is 2.06.